The number of nitrogens with zero attached hydrogens (tertiary/aromatic N) is 6. The minimum atomic E-state index is -2.91. The average Bonchev–Trinajstić information content (AvgIpc) is 3.19. The fraction of sp³-hybridized carbons (Fsp3) is 0.302. The number of hydrogen-bond donors (Lipinski definition) is 4. The van der Waals surface area contributed by atoms with Crippen molar-refractivity contribution in [3.8, 4) is 0 Å². The molecule has 0 fully saturated rings. The zero-order valence-corrected chi connectivity index (χ0v) is 40.7. The van der Waals surface area contributed by atoms with Gasteiger partial charge in [-0.1, -0.05) is 14.9 Å². The van der Waals surface area contributed by atoms with E-state index in [-0.39, 0.29) is 14.9 Å². The van der Waals surface area contributed by atoms with E-state index < -0.39 is 10.0 Å². The molecule has 0 radical (unpaired) electrons. The normalized spacial score (nSPS) is 10.5. The van der Waals surface area contributed by atoms with E-state index in [2.05, 4.69) is 107 Å². The van der Waals surface area contributed by atoms with Crippen molar-refractivity contribution in [1.29, 1.82) is 0 Å². The van der Waals surface area contributed by atoms with Crippen molar-refractivity contribution in [1.82, 2.24) is 4.72 Å². The predicted octanol–water partition coefficient (Wildman–Crippen LogP) is 7.47. The van der Waals surface area contributed by atoms with Crippen LogP contribution in [-0.2, 0) is 48.7 Å². The molecule has 0 heterocycles. The molecule has 15 heteroatoms. The van der Waals surface area contributed by atoms with Crippen molar-refractivity contribution >= 4 is 66.4 Å². The van der Waals surface area contributed by atoms with Crippen LogP contribution in [0.25, 0.3) is 0 Å². The molecule has 316 valence electrons. The predicted molar refractivity (Wildman–Crippen MR) is 248 cm³/mol. The van der Waals surface area contributed by atoms with E-state index in [0.717, 1.165) is 48.4 Å². The zero-order chi connectivity index (χ0) is 42.6. The molecule has 12 nitrogen and oxygen atoms in total. The quantitative estimate of drug-likeness (QED) is 0.0772. The monoisotopic (exact) mass is 1150 g/mol. The van der Waals surface area contributed by atoms with Gasteiger partial charge in [-0.2, -0.15) is 0 Å². The van der Waals surface area contributed by atoms with Crippen LogP contribution in [-0.4, -0.2) is 76.5 Å². The summed E-state index contributed by atoms with van der Waals surface area (Å²) in [7, 11) is 3.92. The van der Waals surface area contributed by atoms with Crippen LogP contribution < -0.4 is 30.9 Å². The van der Waals surface area contributed by atoms with E-state index in [0.29, 0.717) is 11.9 Å². The molecule has 0 atom stereocenters. The Morgan fingerprint density at radius 2 is 0.879 bits per heavy atom. The molecule has 0 amide bonds. The summed E-state index contributed by atoms with van der Waals surface area (Å²) in [6, 6.07) is 28.6. The molecule has 0 aliphatic carbocycles. The molecule has 0 aliphatic heterocycles. The van der Waals surface area contributed by atoms with Crippen molar-refractivity contribution < 1.29 is 47.1 Å². The molecule has 0 spiro atoms. The molecule has 0 aliphatic rings. The molecular formula is C43H62N10O2SW2-2. The number of hydrogen-bond acceptors (Lipinski definition) is 7. The van der Waals surface area contributed by atoms with Crippen LogP contribution in [0.2, 0.25) is 0 Å². The van der Waals surface area contributed by atoms with Crippen LogP contribution in [0.15, 0.2) is 105 Å². The van der Waals surface area contributed by atoms with Crippen molar-refractivity contribution in [3.05, 3.63) is 118 Å². The Labute approximate surface area is 371 Å². The Bertz CT molecular complexity index is 1970. The molecule has 4 rings (SSSR count). The molecule has 0 aromatic heterocycles. The summed E-state index contributed by atoms with van der Waals surface area (Å²) in [5, 5.41) is 6.45. The van der Waals surface area contributed by atoms with Gasteiger partial charge in [-0.25, -0.2) is 13.1 Å². The van der Waals surface area contributed by atoms with Gasteiger partial charge in [0.05, 0.1) is 6.26 Å². The van der Waals surface area contributed by atoms with E-state index in [9.17, 15) is 8.42 Å². The van der Waals surface area contributed by atoms with E-state index in [1.54, 1.807) is 0 Å². The number of rotatable bonds is 9. The zero-order valence-electron chi connectivity index (χ0n) is 34.0. The summed E-state index contributed by atoms with van der Waals surface area (Å²) < 4.78 is 23.6. The van der Waals surface area contributed by atoms with Crippen LogP contribution in [0, 0.1) is 41.5 Å². The first-order chi connectivity index (χ1) is 26.4. The first-order valence-corrected chi connectivity index (χ1v) is 22.0. The Morgan fingerprint density at radius 1 is 0.603 bits per heavy atom. The molecular weight excluding hydrogens is 1090 g/mol. The summed E-state index contributed by atoms with van der Waals surface area (Å²) in [6.45, 7) is 23.6. The van der Waals surface area contributed by atoms with Gasteiger partial charge in [0.1, 0.15) is 0 Å². The van der Waals surface area contributed by atoms with Gasteiger partial charge in [0, 0.05) is 0 Å². The molecule has 4 aromatic rings. The molecule has 4 aromatic carbocycles. The Kier molecular flexibility index (Phi) is 27.2. The maximum absolute atomic E-state index is 9.89. The second-order valence-corrected chi connectivity index (χ2v) is 16.8. The van der Waals surface area contributed by atoms with Crippen LogP contribution in [0.4, 0.5) is 22.7 Å². The van der Waals surface area contributed by atoms with Gasteiger partial charge >= 0.3 is 309 Å². The number of benzene rings is 4. The van der Waals surface area contributed by atoms with E-state index in [1.807, 2.05) is 84.6 Å². The average molecular weight is 1150 g/mol. The van der Waals surface area contributed by atoms with Gasteiger partial charge in [-0.15, -0.1) is 0 Å². The topological polar surface area (TPSA) is 152 Å². The third-order valence-electron chi connectivity index (χ3n) is 8.05. The fourth-order valence-corrected chi connectivity index (χ4v) is 5.84. The summed E-state index contributed by atoms with van der Waals surface area (Å²) in [6.07, 6.45) is 1.10. The van der Waals surface area contributed by atoms with Crippen molar-refractivity contribution in [2.45, 2.75) is 56.4 Å². The second kappa shape index (κ2) is 28.2. The molecule has 0 bridgehead atoms. The van der Waals surface area contributed by atoms with Crippen LogP contribution in [0.1, 0.15) is 48.2 Å². The standard InChI is InChI=1S/2C19H21N4.C2H7NO2S.CH5N.2CH4.2W/c2*1-14-11-16(3)18(12-15(14)2)22-19(20-4)21-13-23(5)17-9-7-6-8-10-17;1-3-6(2,4)5;1-2;;;;/h2*4,6-12H,1-3,5H3,(H,21,22);3H,1-2H3;2H2,1H3;2*1H4;;/q2*-1;;;;;;. The van der Waals surface area contributed by atoms with Crippen LogP contribution >= 0.6 is 0 Å². The Balaban J connectivity index is 0. The Morgan fingerprint density at radius 3 is 1.14 bits per heavy atom. The van der Waals surface area contributed by atoms with Gasteiger partial charge in [-0.3, -0.25) is 0 Å². The number of nitrogens with one attached hydrogen (secondary N) is 3. The first kappa shape index (κ1) is 55.8. The molecule has 0 unspecified atom stereocenters. The number of guanidine groups is 2. The summed E-state index contributed by atoms with van der Waals surface area (Å²) >= 11 is 2.47. The van der Waals surface area contributed by atoms with Gasteiger partial charge in [0.25, 0.3) is 0 Å². The molecule has 5 N–H and O–H groups in total. The third kappa shape index (κ3) is 19.5. The van der Waals surface area contributed by atoms with Gasteiger partial charge in [0.2, 0.25) is 10.0 Å². The number of aryl methyl sites for hydroxylation is 6. The minimum absolute atomic E-state index is 0. The van der Waals surface area contributed by atoms with E-state index >= 15 is 0 Å². The van der Waals surface area contributed by atoms with Crippen molar-refractivity contribution in [2.75, 3.05) is 54.9 Å². The molecule has 0 saturated carbocycles. The summed E-state index contributed by atoms with van der Waals surface area (Å²) in [5.41, 5.74) is 15.8. The van der Waals surface area contributed by atoms with Crippen LogP contribution in [0.3, 0.4) is 0 Å². The van der Waals surface area contributed by atoms with E-state index in [4.69, 9.17) is 13.4 Å². The molecule has 58 heavy (non-hydrogen) atoms. The number of aliphatic imine (C=N–C) groups is 4. The maximum atomic E-state index is 9.89. The first-order valence-electron chi connectivity index (χ1n) is 17.2. The number of nitrogens with two attached hydrogens (primary N) is 1. The van der Waals surface area contributed by atoms with E-state index in [1.165, 1.54) is 75.1 Å². The van der Waals surface area contributed by atoms with Crippen molar-refractivity contribution in [3.63, 3.8) is 0 Å². The van der Waals surface area contributed by atoms with Gasteiger partial charge < -0.3 is 5.73 Å². The van der Waals surface area contributed by atoms with Gasteiger partial charge in [0.15, 0.2) is 0 Å². The van der Waals surface area contributed by atoms with Crippen molar-refractivity contribution in [2.24, 2.45) is 25.7 Å². The fourth-order valence-electron chi connectivity index (χ4n) is 4.46. The van der Waals surface area contributed by atoms with Gasteiger partial charge in [-0.05, 0) is 14.1 Å². The molecule has 0 saturated heterocycles. The Hall–Kier alpha value is -4.25. The third-order valence-corrected chi connectivity index (χ3v) is 11.4. The number of anilines is 4. The summed E-state index contributed by atoms with van der Waals surface area (Å²) in [5.74, 6) is 0.795. The number of para-hydroxylation sites is 2. The SMILES string of the molecule is C.C.CN.CNS(C)(=O)=O.[CH-]=NC(=N[C](=[W])N(C)c1ccccc1)Nc1cc(C)c(C)cc1C.[CH-]=NC(=N[C](=[W])N(C)c1ccccc1)Nc1cc(C)c(C)cc1C. The number of sulfonamides is 1. The second-order valence-electron chi connectivity index (χ2n) is 12.2. The van der Waals surface area contributed by atoms with Crippen LogP contribution in [0.5, 0.6) is 0 Å². The summed E-state index contributed by atoms with van der Waals surface area (Å²) in [4.78, 5) is 20.7.